The summed E-state index contributed by atoms with van der Waals surface area (Å²) in [5.41, 5.74) is 3.38. The molecular formula is C18H14N2O2. The van der Waals surface area contributed by atoms with Gasteiger partial charge in [0.05, 0.1) is 0 Å². The van der Waals surface area contributed by atoms with Crippen LogP contribution < -0.4 is 4.74 Å². The number of benzene rings is 1. The number of hydrogen-bond acceptors (Lipinski definition) is 4. The second-order valence-electron chi connectivity index (χ2n) is 4.78. The smallest absolute Gasteiger partial charge is 0.213 e. The number of carbonyl (C=O) groups excluding carboxylic acids is 1. The predicted molar refractivity (Wildman–Crippen MR) is 83.6 cm³/mol. The molecule has 0 N–H and O–H groups in total. The van der Waals surface area contributed by atoms with Crippen molar-refractivity contribution in [3.8, 4) is 17.0 Å². The Bertz CT molecular complexity index is 756. The van der Waals surface area contributed by atoms with Crippen LogP contribution in [-0.2, 0) is 6.61 Å². The van der Waals surface area contributed by atoms with E-state index in [0.717, 1.165) is 23.0 Å². The van der Waals surface area contributed by atoms with Crippen LogP contribution in [0.1, 0.15) is 15.9 Å². The van der Waals surface area contributed by atoms with E-state index in [0.29, 0.717) is 18.1 Å². The maximum Gasteiger partial charge on any atom is 0.213 e. The number of hydrogen-bond donors (Lipinski definition) is 0. The molecule has 0 aliphatic rings. The highest BCUT2D eigenvalue weighted by Crippen LogP contribution is 2.20. The second kappa shape index (κ2) is 6.63. The minimum Gasteiger partial charge on any atom is -0.473 e. The van der Waals surface area contributed by atoms with Gasteiger partial charge in [-0.3, -0.25) is 9.78 Å². The molecule has 0 aliphatic carbocycles. The highest BCUT2D eigenvalue weighted by molar-refractivity contribution is 5.77. The van der Waals surface area contributed by atoms with Gasteiger partial charge in [-0.05, 0) is 17.7 Å². The molecule has 0 amide bonds. The molecule has 0 spiro atoms. The molecule has 1 aromatic carbocycles. The van der Waals surface area contributed by atoms with Gasteiger partial charge in [-0.2, -0.15) is 0 Å². The molecule has 0 saturated carbocycles. The molecule has 2 heterocycles. The number of ether oxygens (including phenoxy) is 1. The fourth-order valence-corrected chi connectivity index (χ4v) is 2.05. The first-order valence-electron chi connectivity index (χ1n) is 6.88. The maximum absolute atomic E-state index is 10.8. The van der Waals surface area contributed by atoms with Gasteiger partial charge in [-0.25, -0.2) is 4.98 Å². The van der Waals surface area contributed by atoms with E-state index < -0.39 is 0 Å². The van der Waals surface area contributed by atoms with Crippen LogP contribution in [0, 0.1) is 0 Å². The van der Waals surface area contributed by atoms with Crippen LogP contribution in [-0.4, -0.2) is 16.3 Å². The van der Waals surface area contributed by atoms with Crippen molar-refractivity contribution in [1.29, 1.82) is 0 Å². The topological polar surface area (TPSA) is 52.1 Å². The van der Waals surface area contributed by atoms with Crippen LogP contribution in [0.2, 0.25) is 0 Å². The van der Waals surface area contributed by atoms with Gasteiger partial charge in [-0.1, -0.05) is 30.3 Å². The molecule has 0 bridgehead atoms. The molecule has 3 aromatic rings. The first kappa shape index (κ1) is 13.9. The van der Waals surface area contributed by atoms with E-state index in [-0.39, 0.29) is 0 Å². The standard InChI is InChI=1S/C18H14N2O2/c21-12-15-8-17(10-19-9-15)16-6-7-18(20-11-16)22-13-14-4-2-1-3-5-14/h1-12H,13H2. The molecule has 4 nitrogen and oxygen atoms in total. The maximum atomic E-state index is 10.8. The zero-order valence-corrected chi connectivity index (χ0v) is 11.8. The Labute approximate surface area is 128 Å². The van der Waals surface area contributed by atoms with E-state index in [2.05, 4.69) is 9.97 Å². The number of pyridine rings is 2. The summed E-state index contributed by atoms with van der Waals surface area (Å²) in [5, 5.41) is 0. The van der Waals surface area contributed by atoms with Gasteiger partial charge in [0.25, 0.3) is 0 Å². The summed E-state index contributed by atoms with van der Waals surface area (Å²) in [5.74, 6) is 0.562. The molecule has 2 aromatic heterocycles. The summed E-state index contributed by atoms with van der Waals surface area (Å²) >= 11 is 0. The third-order valence-corrected chi connectivity index (χ3v) is 3.19. The zero-order valence-electron chi connectivity index (χ0n) is 11.8. The molecule has 0 aliphatic heterocycles. The van der Waals surface area contributed by atoms with Gasteiger partial charge in [0.2, 0.25) is 5.88 Å². The van der Waals surface area contributed by atoms with E-state index in [1.807, 2.05) is 42.5 Å². The van der Waals surface area contributed by atoms with Gasteiger partial charge >= 0.3 is 0 Å². The van der Waals surface area contributed by atoms with E-state index >= 15 is 0 Å². The molecule has 0 fully saturated rings. The number of nitrogens with zero attached hydrogens (tertiary/aromatic N) is 2. The highest BCUT2D eigenvalue weighted by Gasteiger charge is 2.02. The summed E-state index contributed by atoms with van der Waals surface area (Å²) in [6.07, 6.45) is 5.73. The zero-order chi connectivity index (χ0) is 15.2. The van der Waals surface area contributed by atoms with Crippen LogP contribution in [0.4, 0.5) is 0 Å². The summed E-state index contributed by atoms with van der Waals surface area (Å²) in [6.45, 7) is 0.482. The van der Waals surface area contributed by atoms with E-state index in [9.17, 15) is 4.79 Å². The fraction of sp³-hybridized carbons (Fsp3) is 0.0556. The lowest BCUT2D eigenvalue weighted by molar-refractivity contribution is 0.112. The minimum atomic E-state index is 0.482. The number of aldehydes is 1. The van der Waals surface area contributed by atoms with Crippen LogP contribution in [0.3, 0.4) is 0 Å². The predicted octanol–water partition coefficient (Wildman–Crippen LogP) is 3.54. The number of aromatic nitrogens is 2. The quantitative estimate of drug-likeness (QED) is 0.674. The number of rotatable bonds is 5. The van der Waals surface area contributed by atoms with Crippen molar-refractivity contribution in [3.63, 3.8) is 0 Å². The van der Waals surface area contributed by atoms with Crippen LogP contribution in [0.15, 0.2) is 67.1 Å². The normalized spacial score (nSPS) is 10.2. The molecule has 0 atom stereocenters. The van der Waals surface area contributed by atoms with Crippen LogP contribution >= 0.6 is 0 Å². The average molecular weight is 290 g/mol. The molecule has 22 heavy (non-hydrogen) atoms. The monoisotopic (exact) mass is 290 g/mol. The van der Waals surface area contributed by atoms with Gasteiger partial charge in [0, 0.05) is 41.3 Å². The molecule has 0 radical (unpaired) electrons. The summed E-state index contributed by atoms with van der Waals surface area (Å²) < 4.78 is 5.64. The molecular weight excluding hydrogens is 276 g/mol. The second-order valence-corrected chi connectivity index (χ2v) is 4.78. The Morgan fingerprint density at radius 2 is 1.82 bits per heavy atom. The Morgan fingerprint density at radius 1 is 0.955 bits per heavy atom. The van der Waals surface area contributed by atoms with Gasteiger partial charge in [0.1, 0.15) is 6.61 Å². The van der Waals surface area contributed by atoms with E-state index in [4.69, 9.17) is 4.74 Å². The highest BCUT2D eigenvalue weighted by atomic mass is 16.5. The van der Waals surface area contributed by atoms with Crippen molar-refractivity contribution < 1.29 is 9.53 Å². The molecule has 0 unspecified atom stereocenters. The molecule has 0 saturated heterocycles. The van der Waals surface area contributed by atoms with Gasteiger partial charge in [0.15, 0.2) is 6.29 Å². The van der Waals surface area contributed by atoms with Crippen molar-refractivity contribution in [2.45, 2.75) is 6.61 Å². The van der Waals surface area contributed by atoms with Crippen molar-refractivity contribution in [1.82, 2.24) is 9.97 Å². The number of carbonyl (C=O) groups is 1. The van der Waals surface area contributed by atoms with E-state index in [1.165, 1.54) is 6.20 Å². The fourth-order valence-electron chi connectivity index (χ4n) is 2.05. The van der Waals surface area contributed by atoms with Gasteiger partial charge in [-0.15, -0.1) is 0 Å². The largest absolute Gasteiger partial charge is 0.473 e. The van der Waals surface area contributed by atoms with Crippen molar-refractivity contribution in [2.75, 3.05) is 0 Å². The molecule has 108 valence electrons. The molecule has 3 rings (SSSR count). The summed E-state index contributed by atoms with van der Waals surface area (Å²) in [7, 11) is 0. The lowest BCUT2D eigenvalue weighted by Gasteiger charge is -2.06. The Hall–Kier alpha value is -3.01. The Kier molecular flexibility index (Phi) is 4.20. The minimum absolute atomic E-state index is 0.482. The summed E-state index contributed by atoms with van der Waals surface area (Å²) in [4.78, 5) is 19.1. The Balaban J connectivity index is 1.71. The van der Waals surface area contributed by atoms with Crippen molar-refractivity contribution >= 4 is 6.29 Å². The SMILES string of the molecule is O=Cc1cncc(-c2ccc(OCc3ccccc3)nc2)c1. The lowest BCUT2D eigenvalue weighted by atomic mass is 10.1. The third kappa shape index (κ3) is 3.35. The third-order valence-electron chi connectivity index (χ3n) is 3.19. The van der Waals surface area contributed by atoms with Gasteiger partial charge < -0.3 is 4.74 Å². The van der Waals surface area contributed by atoms with Crippen LogP contribution in [0.5, 0.6) is 5.88 Å². The molecule has 4 heteroatoms. The first-order valence-corrected chi connectivity index (χ1v) is 6.88. The van der Waals surface area contributed by atoms with Crippen molar-refractivity contribution in [3.05, 3.63) is 78.2 Å². The Morgan fingerprint density at radius 3 is 2.55 bits per heavy atom. The first-order chi connectivity index (χ1) is 10.8. The average Bonchev–Trinajstić information content (AvgIpc) is 2.61. The van der Waals surface area contributed by atoms with Crippen LogP contribution in [0.25, 0.3) is 11.1 Å². The van der Waals surface area contributed by atoms with Crippen molar-refractivity contribution in [2.24, 2.45) is 0 Å². The van der Waals surface area contributed by atoms with E-state index in [1.54, 1.807) is 18.5 Å². The summed E-state index contributed by atoms with van der Waals surface area (Å²) in [6, 6.07) is 15.4. The lowest BCUT2D eigenvalue weighted by Crippen LogP contribution is -1.96.